The van der Waals surface area contributed by atoms with Crippen molar-refractivity contribution in [3.8, 4) is 17.3 Å². The minimum absolute atomic E-state index is 0.138. The molecule has 4 heterocycles. The normalized spacial score (nSPS) is 20.1. The quantitative estimate of drug-likeness (QED) is 0.191. The zero-order valence-corrected chi connectivity index (χ0v) is 29.2. The average Bonchev–Trinajstić information content (AvgIpc) is 3.58. The Labute approximate surface area is 292 Å². The van der Waals surface area contributed by atoms with Crippen LogP contribution in [0.4, 0.5) is 10.6 Å². The van der Waals surface area contributed by atoms with Crippen LogP contribution in [0.3, 0.4) is 0 Å². The third-order valence-corrected chi connectivity index (χ3v) is 9.43. The van der Waals surface area contributed by atoms with E-state index in [0.717, 1.165) is 49.1 Å². The molecule has 2 aliphatic rings. The number of tetrazole rings is 1. The Bertz CT molecular complexity index is 1550. The Hall–Kier alpha value is -3.90. The number of carbonyl (C=O) groups excluding carboxylic acids is 1. The molecule has 264 valence electrons. The minimum Gasteiger partial charge on any atom is -0.435 e. The summed E-state index contributed by atoms with van der Waals surface area (Å²) in [5, 5.41) is 29.0. The van der Waals surface area contributed by atoms with Crippen LogP contribution in [0, 0.1) is 22.7 Å². The zero-order valence-electron chi connectivity index (χ0n) is 28.4. The summed E-state index contributed by atoms with van der Waals surface area (Å²) < 4.78 is 22.8. The number of hydrogen-bond acceptors (Lipinski definition) is 13. The van der Waals surface area contributed by atoms with Crippen molar-refractivity contribution < 1.29 is 23.7 Å². The molecular weight excluding hydrogens is 650 g/mol. The molecular formula is C34H46ClN9O5. The fraction of sp³-hybridized carbons (Fsp3) is 0.618. The predicted molar refractivity (Wildman–Crippen MR) is 181 cm³/mol. The van der Waals surface area contributed by atoms with Gasteiger partial charge in [-0.1, -0.05) is 17.7 Å². The Balaban J connectivity index is 1.06. The first-order valence-electron chi connectivity index (χ1n) is 17.1. The summed E-state index contributed by atoms with van der Waals surface area (Å²) in [6, 6.07) is 10.9. The van der Waals surface area contributed by atoms with Gasteiger partial charge in [0, 0.05) is 49.3 Å². The highest BCUT2D eigenvalue weighted by Gasteiger charge is 2.32. The van der Waals surface area contributed by atoms with E-state index in [1.807, 2.05) is 18.2 Å². The molecule has 3 aromatic heterocycles. The van der Waals surface area contributed by atoms with Crippen LogP contribution < -0.4 is 10.6 Å². The number of anilines is 1. The van der Waals surface area contributed by atoms with Crippen molar-refractivity contribution in [2.75, 3.05) is 38.3 Å². The van der Waals surface area contributed by atoms with Crippen molar-refractivity contribution in [1.29, 1.82) is 5.26 Å². The van der Waals surface area contributed by atoms with E-state index >= 15 is 0 Å². The molecule has 5 rings (SSSR count). The lowest BCUT2D eigenvalue weighted by atomic mass is 9.82. The molecule has 3 aromatic rings. The largest absolute Gasteiger partial charge is 0.510 e. The Morgan fingerprint density at radius 3 is 2.78 bits per heavy atom. The van der Waals surface area contributed by atoms with E-state index in [4.69, 9.17) is 35.5 Å². The summed E-state index contributed by atoms with van der Waals surface area (Å²) in [5.41, 5.74) is 2.20. The van der Waals surface area contributed by atoms with Gasteiger partial charge in [-0.25, -0.2) is 9.78 Å². The lowest BCUT2D eigenvalue weighted by Crippen LogP contribution is -2.41. The van der Waals surface area contributed by atoms with Gasteiger partial charge in [0.25, 0.3) is 0 Å². The first-order valence-corrected chi connectivity index (χ1v) is 17.4. The van der Waals surface area contributed by atoms with Crippen molar-refractivity contribution in [3.05, 3.63) is 47.0 Å². The molecule has 1 unspecified atom stereocenters. The van der Waals surface area contributed by atoms with Gasteiger partial charge in [0.2, 0.25) is 0 Å². The third kappa shape index (κ3) is 10.3. The van der Waals surface area contributed by atoms with Crippen LogP contribution in [0.15, 0.2) is 30.5 Å². The predicted octanol–water partition coefficient (Wildman–Crippen LogP) is 5.50. The monoisotopic (exact) mass is 695 g/mol. The maximum atomic E-state index is 11.6. The molecule has 0 bridgehead atoms. The topological polar surface area (TPSA) is 171 Å². The van der Waals surface area contributed by atoms with Crippen molar-refractivity contribution in [2.45, 2.75) is 90.6 Å². The molecule has 2 fully saturated rings. The van der Waals surface area contributed by atoms with E-state index in [9.17, 15) is 10.1 Å². The number of rotatable bonds is 15. The van der Waals surface area contributed by atoms with Gasteiger partial charge in [-0.3, -0.25) is 4.98 Å². The smallest absolute Gasteiger partial charge is 0.435 e. The molecule has 1 aliphatic heterocycles. The number of nitriles is 1. The summed E-state index contributed by atoms with van der Waals surface area (Å²) in [5.74, 6) is 1.71. The standard InChI is InChI=1S/C34H46ClN9O5/c1-4-48-33(45)49-24(3)44-32(41-42-43-44)20-47-19-23(2)39-26-10-8-25(9-11-26)16-27-17-28(29(35)18-37-27)30-6-5-7-31(40-30)38-22-34(21-36)12-14-46-15-13-34/h5-7,17-18,23-26,39H,4,8-16,19-20,22H2,1-3H3,(H,38,40)/t23?,24-,25?,26?/m1/s1. The Kier molecular flexibility index (Phi) is 13.1. The van der Waals surface area contributed by atoms with Gasteiger partial charge in [-0.2, -0.15) is 9.94 Å². The molecule has 0 amide bonds. The SMILES string of the molecule is CCOC(=O)O[C@H](C)n1nnnc1COCC(C)NC1CCC(Cc2cc(-c3cccc(NCC4(C#N)CCOCC4)n3)c(Cl)cn2)CC1. The lowest BCUT2D eigenvalue weighted by molar-refractivity contribution is -0.00390. The van der Waals surface area contributed by atoms with Crippen molar-refractivity contribution >= 4 is 23.6 Å². The first kappa shape index (κ1) is 36.4. The maximum absolute atomic E-state index is 11.6. The number of carbonyl (C=O) groups is 1. The van der Waals surface area contributed by atoms with Gasteiger partial charge in [0.05, 0.1) is 35.4 Å². The highest BCUT2D eigenvalue weighted by molar-refractivity contribution is 6.33. The molecule has 14 nitrogen and oxygen atoms in total. The van der Waals surface area contributed by atoms with Crippen LogP contribution in [-0.2, 0) is 32.0 Å². The van der Waals surface area contributed by atoms with E-state index in [0.29, 0.717) is 67.8 Å². The second-order valence-corrected chi connectivity index (χ2v) is 13.3. The Morgan fingerprint density at radius 2 is 2.02 bits per heavy atom. The Morgan fingerprint density at radius 1 is 1.22 bits per heavy atom. The average molecular weight is 696 g/mol. The van der Waals surface area contributed by atoms with Gasteiger partial charge in [0.1, 0.15) is 12.4 Å². The van der Waals surface area contributed by atoms with Crippen LogP contribution in [-0.4, -0.2) is 81.4 Å². The van der Waals surface area contributed by atoms with Gasteiger partial charge < -0.3 is 29.6 Å². The molecule has 0 spiro atoms. The number of ether oxygens (including phenoxy) is 4. The van der Waals surface area contributed by atoms with Gasteiger partial charge >= 0.3 is 6.16 Å². The number of pyridine rings is 2. The van der Waals surface area contributed by atoms with E-state index in [1.165, 1.54) is 4.68 Å². The highest BCUT2D eigenvalue weighted by Crippen LogP contribution is 2.33. The summed E-state index contributed by atoms with van der Waals surface area (Å²) in [7, 11) is 0. The van der Waals surface area contributed by atoms with Crippen LogP contribution in [0.2, 0.25) is 5.02 Å². The molecule has 1 aliphatic carbocycles. The van der Waals surface area contributed by atoms with Gasteiger partial charge in [-0.05, 0) is 100 Å². The second-order valence-electron chi connectivity index (χ2n) is 12.9. The number of nitrogens with zero attached hydrogens (tertiary/aromatic N) is 7. The molecule has 1 saturated heterocycles. The fourth-order valence-corrected chi connectivity index (χ4v) is 6.56. The van der Waals surface area contributed by atoms with Crippen LogP contribution in [0.5, 0.6) is 0 Å². The van der Waals surface area contributed by atoms with Crippen LogP contribution in [0.25, 0.3) is 11.3 Å². The molecule has 2 atom stereocenters. The molecule has 0 radical (unpaired) electrons. The maximum Gasteiger partial charge on any atom is 0.510 e. The molecule has 0 aromatic carbocycles. The van der Waals surface area contributed by atoms with Gasteiger partial charge in [-0.15, -0.1) is 5.10 Å². The van der Waals surface area contributed by atoms with Crippen molar-refractivity contribution in [3.63, 3.8) is 0 Å². The van der Waals surface area contributed by atoms with Gasteiger partial charge in [0.15, 0.2) is 12.1 Å². The van der Waals surface area contributed by atoms with Crippen molar-refractivity contribution in [2.24, 2.45) is 11.3 Å². The van der Waals surface area contributed by atoms with Crippen LogP contribution >= 0.6 is 11.6 Å². The lowest BCUT2D eigenvalue weighted by Gasteiger charge is -2.31. The fourth-order valence-electron chi connectivity index (χ4n) is 6.36. The molecule has 49 heavy (non-hydrogen) atoms. The van der Waals surface area contributed by atoms with Crippen molar-refractivity contribution in [1.82, 2.24) is 35.5 Å². The molecule has 1 saturated carbocycles. The van der Waals surface area contributed by atoms with E-state index in [2.05, 4.69) is 50.2 Å². The highest BCUT2D eigenvalue weighted by atomic mass is 35.5. The number of nitrogens with one attached hydrogen (secondary N) is 2. The molecule has 15 heteroatoms. The number of hydrogen-bond donors (Lipinski definition) is 2. The molecule has 2 N–H and O–H groups in total. The van der Waals surface area contributed by atoms with E-state index in [-0.39, 0.29) is 19.3 Å². The summed E-state index contributed by atoms with van der Waals surface area (Å²) in [4.78, 5) is 21.1. The van der Waals surface area contributed by atoms with E-state index in [1.54, 1.807) is 20.0 Å². The summed E-state index contributed by atoms with van der Waals surface area (Å²) in [6.07, 6.45) is 6.88. The summed E-state index contributed by atoms with van der Waals surface area (Å²) in [6.45, 7) is 8.10. The van der Waals surface area contributed by atoms with E-state index < -0.39 is 17.8 Å². The second kappa shape index (κ2) is 17.7. The van der Waals surface area contributed by atoms with Crippen LogP contribution in [0.1, 0.15) is 77.0 Å². The number of halogens is 1. The zero-order chi connectivity index (χ0) is 34.6. The number of aromatic nitrogens is 6. The first-order chi connectivity index (χ1) is 23.8. The third-order valence-electron chi connectivity index (χ3n) is 9.13. The minimum atomic E-state index is -0.774. The summed E-state index contributed by atoms with van der Waals surface area (Å²) >= 11 is 6.62.